The van der Waals surface area contributed by atoms with Crippen LogP contribution in [0.4, 0.5) is 0 Å². The Labute approximate surface area is 134 Å². The minimum Gasteiger partial charge on any atom is -0.467 e. The lowest BCUT2D eigenvalue weighted by molar-refractivity contribution is 0.0936. The topological polar surface area (TPSA) is 68.3 Å². The Kier molecular flexibility index (Phi) is 4.28. The van der Waals surface area contributed by atoms with Crippen LogP contribution in [-0.4, -0.2) is 11.1 Å². The molecule has 2 aromatic heterocycles. The van der Waals surface area contributed by atoms with Crippen LogP contribution in [0.2, 0.25) is 0 Å². The van der Waals surface area contributed by atoms with E-state index in [2.05, 4.69) is 10.5 Å². The van der Waals surface area contributed by atoms with E-state index < -0.39 is 0 Å². The summed E-state index contributed by atoms with van der Waals surface area (Å²) < 4.78 is 10.7. The van der Waals surface area contributed by atoms with Gasteiger partial charge in [-0.05, 0) is 31.0 Å². The van der Waals surface area contributed by atoms with Crippen molar-refractivity contribution in [1.82, 2.24) is 10.5 Å². The van der Waals surface area contributed by atoms with Crippen LogP contribution in [-0.2, 0) is 6.42 Å². The Bertz CT molecular complexity index is 776. The minimum atomic E-state index is -0.363. The molecule has 0 radical (unpaired) electrons. The van der Waals surface area contributed by atoms with Gasteiger partial charge in [0.05, 0.1) is 12.0 Å². The molecule has 118 valence electrons. The SMILES string of the molecule is CCc1noc(C)c1C(=O)NC(c1ccccc1)c1ccco1. The van der Waals surface area contributed by atoms with Gasteiger partial charge in [0.2, 0.25) is 0 Å². The predicted molar refractivity (Wildman–Crippen MR) is 85.1 cm³/mol. The summed E-state index contributed by atoms with van der Waals surface area (Å²) in [6.45, 7) is 3.68. The van der Waals surface area contributed by atoms with E-state index >= 15 is 0 Å². The van der Waals surface area contributed by atoms with Gasteiger partial charge in [-0.2, -0.15) is 0 Å². The van der Waals surface area contributed by atoms with Gasteiger partial charge in [0, 0.05) is 0 Å². The van der Waals surface area contributed by atoms with Crippen LogP contribution in [0, 0.1) is 6.92 Å². The van der Waals surface area contributed by atoms with E-state index in [9.17, 15) is 4.79 Å². The fourth-order valence-corrected chi connectivity index (χ4v) is 2.57. The first-order valence-electron chi connectivity index (χ1n) is 7.55. The molecule has 0 aliphatic carbocycles. The molecule has 0 saturated heterocycles. The third kappa shape index (κ3) is 3.04. The molecule has 5 nitrogen and oxygen atoms in total. The molecule has 3 rings (SSSR count). The number of amides is 1. The number of aryl methyl sites for hydroxylation is 2. The zero-order chi connectivity index (χ0) is 16.2. The number of carbonyl (C=O) groups excluding carboxylic acids is 1. The van der Waals surface area contributed by atoms with Crippen LogP contribution in [0.3, 0.4) is 0 Å². The van der Waals surface area contributed by atoms with Crippen molar-refractivity contribution in [3.05, 3.63) is 77.1 Å². The van der Waals surface area contributed by atoms with Crippen molar-refractivity contribution in [2.75, 3.05) is 0 Å². The normalized spacial score (nSPS) is 12.1. The lowest BCUT2D eigenvalue weighted by Crippen LogP contribution is -2.30. The van der Waals surface area contributed by atoms with Gasteiger partial charge >= 0.3 is 0 Å². The Balaban J connectivity index is 1.93. The van der Waals surface area contributed by atoms with Gasteiger partial charge in [0.25, 0.3) is 5.91 Å². The van der Waals surface area contributed by atoms with Gasteiger partial charge in [-0.1, -0.05) is 42.4 Å². The van der Waals surface area contributed by atoms with E-state index in [0.717, 1.165) is 5.56 Å². The number of nitrogens with one attached hydrogen (secondary N) is 1. The molecule has 3 aromatic rings. The first kappa shape index (κ1) is 15.1. The van der Waals surface area contributed by atoms with Crippen LogP contribution in [0.15, 0.2) is 57.7 Å². The first-order chi connectivity index (χ1) is 11.2. The maximum absolute atomic E-state index is 12.7. The second kappa shape index (κ2) is 6.52. The van der Waals surface area contributed by atoms with Crippen molar-refractivity contribution in [2.24, 2.45) is 0 Å². The molecule has 0 aliphatic heterocycles. The fraction of sp³-hybridized carbons (Fsp3) is 0.222. The van der Waals surface area contributed by atoms with Crippen LogP contribution >= 0.6 is 0 Å². The summed E-state index contributed by atoms with van der Waals surface area (Å²) in [4.78, 5) is 12.7. The van der Waals surface area contributed by atoms with Crippen molar-refractivity contribution in [3.8, 4) is 0 Å². The maximum atomic E-state index is 12.7. The van der Waals surface area contributed by atoms with Crippen LogP contribution in [0.1, 0.15) is 46.1 Å². The number of hydrogen-bond donors (Lipinski definition) is 1. The summed E-state index contributed by atoms with van der Waals surface area (Å²) >= 11 is 0. The Hall–Kier alpha value is -2.82. The molecule has 2 heterocycles. The minimum absolute atomic E-state index is 0.217. The monoisotopic (exact) mass is 310 g/mol. The third-order valence-electron chi connectivity index (χ3n) is 3.73. The van der Waals surface area contributed by atoms with Gasteiger partial charge in [-0.3, -0.25) is 4.79 Å². The second-order valence-corrected chi connectivity index (χ2v) is 5.25. The lowest BCUT2D eigenvalue weighted by Gasteiger charge is -2.17. The maximum Gasteiger partial charge on any atom is 0.257 e. The Morgan fingerprint density at radius 3 is 2.65 bits per heavy atom. The summed E-state index contributed by atoms with van der Waals surface area (Å²) in [6.07, 6.45) is 2.23. The Morgan fingerprint density at radius 2 is 2.00 bits per heavy atom. The number of benzene rings is 1. The van der Waals surface area contributed by atoms with Gasteiger partial charge in [0.1, 0.15) is 23.1 Å². The third-order valence-corrected chi connectivity index (χ3v) is 3.73. The molecule has 23 heavy (non-hydrogen) atoms. The highest BCUT2D eigenvalue weighted by Gasteiger charge is 2.24. The quantitative estimate of drug-likeness (QED) is 0.781. The molecule has 0 aliphatic rings. The van der Waals surface area contributed by atoms with E-state index in [1.54, 1.807) is 19.3 Å². The number of carbonyl (C=O) groups is 1. The van der Waals surface area contributed by atoms with E-state index in [0.29, 0.717) is 29.2 Å². The summed E-state index contributed by atoms with van der Waals surface area (Å²) in [6, 6.07) is 13.0. The molecule has 1 amide bonds. The van der Waals surface area contributed by atoms with Crippen molar-refractivity contribution in [3.63, 3.8) is 0 Å². The first-order valence-corrected chi connectivity index (χ1v) is 7.55. The standard InChI is InChI=1S/C18H18N2O3/c1-3-14-16(12(2)23-20-14)18(21)19-17(15-10-7-11-22-15)13-8-5-4-6-9-13/h4-11,17H,3H2,1-2H3,(H,19,21). The number of rotatable bonds is 5. The number of furan rings is 1. The molecule has 1 atom stereocenters. The van der Waals surface area contributed by atoms with E-state index in [1.165, 1.54) is 0 Å². The molecule has 5 heteroatoms. The van der Waals surface area contributed by atoms with Crippen molar-refractivity contribution < 1.29 is 13.7 Å². The van der Waals surface area contributed by atoms with Crippen molar-refractivity contribution >= 4 is 5.91 Å². The highest BCUT2D eigenvalue weighted by Crippen LogP contribution is 2.24. The highest BCUT2D eigenvalue weighted by molar-refractivity contribution is 5.96. The average Bonchev–Trinajstić information content (AvgIpc) is 3.22. The molecule has 0 saturated carbocycles. The summed E-state index contributed by atoms with van der Waals surface area (Å²) in [5, 5.41) is 6.96. The molecule has 1 N–H and O–H groups in total. The zero-order valence-electron chi connectivity index (χ0n) is 13.1. The average molecular weight is 310 g/mol. The molecular weight excluding hydrogens is 292 g/mol. The fourth-order valence-electron chi connectivity index (χ4n) is 2.57. The second-order valence-electron chi connectivity index (χ2n) is 5.25. The van der Waals surface area contributed by atoms with Gasteiger partial charge in [-0.15, -0.1) is 0 Å². The van der Waals surface area contributed by atoms with Gasteiger partial charge in [0.15, 0.2) is 0 Å². The van der Waals surface area contributed by atoms with Crippen molar-refractivity contribution in [1.29, 1.82) is 0 Å². The van der Waals surface area contributed by atoms with Crippen LogP contribution < -0.4 is 5.32 Å². The predicted octanol–water partition coefficient (Wildman–Crippen LogP) is 3.66. The molecule has 0 bridgehead atoms. The van der Waals surface area contributed by atoms with E-state index in [-0.39, 0.29) is 11.9 Å². The van der Waals surface area contributed by atoms with Crippen molar-refractivity contribution in [2.45, 2.75) is 26.3 Å². The largest absolute Gasteiger partial charge is 0.467 e. The van der Waals surface area contributed by atoms with Crippen LogP contribution in [0.5, 0.6) is 0 Å². The zero-order valence-corrected chi connectivity index (χ0v) is 13.1. The van der Waals surface area contributed by atoms with E-state index in [4.69, 9.17) is 8.94 Å². The number of hydrogen-bond acceptors (Lipinski definition) is 4. The molecule has 1 aromatic carbocycles. The van der Waals surface area contributed by atoms with Gasteiger partial charge in [-0.25, -0.2) is 0 Å². The molecule has 0 spiro atoms. The highest BCUT2D eigenvalue weighted by atomic mass is 16.5. The summed E-state index contributed by atoms with van der Waals surface area (Å²) in [5.74, 6) is 0.980. The summed E-state index contributed by atoms with van der Waals surface area (Å²) in [5.41, 5.74) is 2.11. The lowest BCUT2D eigenvalue weighted by atomic mass is 10.0. The van der Waals surface area contributed by atoms with Crippen LogP contribution in [0.25, 0.3) is 0 Å². The molecular formula is C18H18N2O3. The van der Waals surface area contributed by atoms with E-state index in [1.807, 2.05) is 43.3 Å². The molecule has 1 unspecified atom stereocenters. The Morgan fingerprint density at radius 1 is 1.22 bits per heavy atom. The molecule has 0 fully saturated rings. The van der Waals surface area contributed by atoms with Gasteiger partial charge < -0.3 is 14.3 Å². The summed E-state index contributed by atoms with van der Waals surface area (Å²) in [7, 11) is 0. The number of nitrogens with zero attached hydrogens (tertiary/aromatic N) is 1. The smallest absolute Gasteiger partial charge is 0.257 e. The number of aromatic nitrogens is 1.